The Hall–Kier alpha value is -3.91. The van der Waals surface area contributed by atoms with E-state index in [2.05, 4.69) is 17.2 Å². The molecule has 34 heavy (non-hydrogen) atoms. The highest BCUT2D eigenvalue weighted by Gasteiger charge is 2.34. The molecule has 1 aliphatic rings. The van der Waals surface area contributed by atoms with Crippen LogP contribution in [0.2, 0.25) is 0 Å². The molecule has 174 valence electrons. The van der Waals surface area contributed by atoms with Crippen LogP contribution in [0.4, 0.5) is 11.4 Å². The van der Waals surface area contributed by atoms with Crippen LogP contribution in [-0.4, -0.2) is 32.8 Å². The third-order valence-electron chi connectivity index (χ3n) is 5.41. The van der Waals surface area contributed by atoms with Crippen molar-refractivity contribution in [3.05, 3.63) is 90.5 Å². The lowest BCUT2D eigenvalue weighted by molar-refractivity contribution is 0.0944. The smallest absolute Gasteiger partial charge is 0.265 e. The molecule has 0 aliphatic carbocycles. The number of nitrogens with one attached hydrogen (secondary N) is 2. The largest absolute Gasteiger partial charge is 0.350 e. The second-order valence-electron chi connectivity index (χ2n) is 8.18. The van der Waals surface area contributed by atoms with E-state index in [4.69, 9.17) is 0 Å². The fourth-order valence-corrected chi connectivity index (χ4v) is 5.57. The summed E-state index contributed by atoms with van der Waals surface area (Å²) in [6.45, 7) is 7.51. The van der Waals surface area contributed by atoms with E-state index < -0.39 is 15.9 Å². The molecule has 8 heteroatoms. The summed E-state index contributed by atoms with van der Waals surface area (Å²) in [7, 11) is -3.75. The number of nitrogens with zero attached hydrogens (tertiary/aromatic N) is 1. The van der Waals surface area contributed by atoms with E-state index in [-0.39, 0.29) is 23.4 Å². The molecule has 1 aliphatic heterocycles. The SMILES string of the molecule is C=CCN1c2ccc(C(=O)Nc3ccccc3C(=O)NC(C)C)cc2-c2ccccc2S1(=O)=O. The molecular formula is C26H25N3O4S. The topological polar surface area (TPSA) is 95.6 Å². The van der Waals surface area contributed by atoms with Gasteiger partial charge in [-0.1, -0.05) is 36.4 Å². The van der Waals surface area contributed by atoms with Crippen LogP contribution in [0.5, 0.6) is 0 Å². The Morgan fingerprint density at radius 1 is 0.971 bits per heavy atom. The van der Waals surface area contributed by atoms with Gasteiger partial charge in [0.05, 0.1) is 28.4 Å². The van der Waals surface area contributed by atoms with E-state index in [0.29, 0.717) is 33.6 Å². The maximum Gasteiger partial charge on any atom is 0.265 e. The molecule has 0 saturated heterocycles. The number of para-hydroxylation sites is 1. The van der Waals surface area contributed by atoms with Crippen molar-refractivity contribution in [2.45, 2.75) is 24.8 Å². The average molecular weight is 476 g/mol. The van der Waals surface area contributed by atoms with Crippen LogP contribution in [-0.2, 0) is 10.0 Å². The van der Waals surface area contributed by atoms with E-state index in [1.54, 1.807) is 66.7 Å². The van der Waals surface area contributed by atoms with Gasteiger partial charge in [-0.2, -0.15) is 0 Å². The Labute approximate surface area is 199 Å². The summed E-state index contributed by atoms with van der Waals surface area (Å²) in [5, 5.41) is 5.64. The molecule has 3 aromatic rings. The molecule has 0 bridgehead atoms. The Morgan fingerprint density at radius 2 is 1.68 bits per heavy atom. The van der Waals surface area contributed by atoms with Gasteiger partial charge in [-0.05, 0) is 50.2 Å². The quantitative estimate of drug-likeness (QED) is 0.515. The second kappa shape index (κ2) is 9.15. The molecule has 0 unspecified atom stereocenters. The summed E-state index contributed by atoms with van der Waals surface area (Å²) in [4.78, 5) is 25.9. The summed E-state index contributed by atoms with van der Waals surface area (Å²) in [5.74, 6) is -0.690. The van der Waals surface area contributed by atoms with Crippen molar-refractivity contribution in [3.63, 3.8) is 0 Å². The Kier molecular flexibility index (Phi) is 6.26. The zero-order chi connectivity index (χ0) is 24.5. The van der Waals surface area contributed by atoms with Crippen LogP contribution in [0, 0.1) is 0 Å². The highest BCUT2D eigenvalue weighted by molar-refractivity contribution is 7.93. The average Bonchev–Trinajstić information content (AvgIpc) is 2.81. The number of sulfonamides is 1. The van der Waals surface area contributed by atoms with Gasteiger partial charge in [0.15, 0.2) is 0 Å². The minimum Gasteiger partial charge on any atom is -0.350 e. The lowest BCUT2D eigenvalue weighted by Gasteiger charge is -2.31. The van der Waals surface area contributed by atoms with Crippen molar-refractivity contribution >= 4 is 33.2 Å². The van der Waals surface area contributed by atoms with Crippen LogP contribution in [0.1, 0.15) is 34.6 Å². The van der Waals surface area contributed by atoms with Crippen LogP contribution in [0.3, 0.4) is 0 Å². The van der Waals surface area contributed by atoms with Gasteiger partial charge in [0.25, 0.3) is 21.8 Å². The Balaban J connectivity index is 1.73. The van der Waals surface area contributed by atoms with E-state index in [1.807, 2.05) is 13.8 Å². The lowest BCUT2D eigenvalue weighted by atomic mass is 9.99. The van der Waals surface area contributed by atoms with Gasteiger partial charge in [-0.25, -0.2) is 8.42 Å². The van der Waals surface area contributed by atoms with Crippen molar-refractivity contribution in [2.24, 2.45) is 0 Å². The first-order chi connectivity index (χ1) is 16.2. The lowest BCUT2D eigenvalue weighted by Crippen LogP contribution is -2.34. The maximum absolute atomic E-state index is 13.2. The number of carbonyl (C=O) groups is 2. The molecule has 1 heterocycles. The number of benzene rings is 3. The van der Waals surface area contributed by atoms with Gasteiger partial charge in [0, 0.05) is 22.7 Å². The van der Waals surface area contributed by atoms with Crippen LogP contribution < -0.4 is 14.9 Å². The molecule has 0 spiro atoms. The van der Waals surface area contributed by atoms with E-state index >= 15 is 0 Å². The molecule has 0 radical (unpaired) electrons. The number of hydrogen-bond acceptors (Lipinski definition) is 4. The Bertz CT molecular complexity index is 1400. The fraction of sp³-hybridized carbons (Fsp3) is 0.154. The first kappa shape index (κ1) is 23.3. The predicted octanol–water partition coefficient (Wildman–Crippen LogP) is 4.44. The van der Waals surface area contributed by atoms with Gasteiger partial charge in [0.1, 0.15) is 0 Å². The monoisotopic (exact) mass is 475 g/mol. The van der Waals surface area contributed by atoms with Crippen LogP contribution in [0.25, 0.3) is 11.1 Å². The van der Waals surface area contributed by atoms with Crippen LogP contribution in [0.15, 0.2) is 84.3 Å². The van der Waals surface area contributed by atoms with Gasteiger partial charge in [-0.15, -0.1) is 6.58 Å². The maximum atomic E-state index is 13.2. The molecule has 0 saturated carbocycles. The van der Waals surface area contributed by atoms with Crippen molar-refractivity contribution in [1.29, 1.82) is 0 Å². The third-order valence-corrected chi connectivity index (χ3v) is 7.25. The van der Waals surface area contributed by atoms with E-state index in [9.17, 15) is 18.0 Å². The van der Waals surface area contributed by atoms with Gasteiger partial charge >= 0.3 is 0 Å². The fourth-order valence-electron chi connectivity index (χ4n) is 3.91. The normalized spacial score (nSPS) is 13.6. The molecule has 0 fully saturated rings. The number of fused-ring (bicyclic) bond motifs is 3. The van der Waals surface area contributed by atoms with E-state index in [0.717, 1.165) is 0 Å². The molecule has 0 atom stereocenters. The summed E-state index contributed by atoms with van der Waals surface area (Å²) >= 11 is 0. The molecule has 2 N–H and O–H groups in total. The van der Waals surface area contributed by atoms with Gasteiger partial charge < -0.3 is 10.6 Å². The zero-order valence-electron chi connectivity index (χ0n) is 18.9. The minimum atomic E-state index is -3.75. The first-order valence-electron chi connectivity index (χ1n) is 10.8. The number of rotatable bonds is 6. The standard InChI is InChI=1S/C26H25N3O4S/c1-4-15-29-23-14-13-18(16-21(23)19-9-6-8-12-24(19)34(29,32)33)25(30)28-22-11-7-5-10-20(22)26(31)27-17(2)3/h4-14,16-17H,1,15H2,2-3H3,(H,27,31)(H,28,30). The number of carbonyl (C=O) groups excluding carboxylic acids is 2. The molecule has 3 aromatic carbocycles. The first-order valence-corrected chi connectivity index (χ1v) is 12.3. The third kappa shape index (κ3) is 4.20. The summed E-state index contributed by atoms with van der Waals surface area (Å²) in [6.07, 6.45) is 1.52. The van der Waals surface area contributed by atoms with Crippen molar-refractivity contribution in [3.8, 4) is 11.1 Å². The number of hydrogen-bond donors (Lipinski definition) is 2. The summed E-state index contributed by atoms with van der Waals surface area (Å²) in [5.41, 5.74) is 2.73. The Morgan fingerprint density at radius 3 is 2.41 bits per heavy atom. The minimum absolute atomic E-state index is 0.0493. The molecular weight excluding hydrogens is 450 g/mol. The predicted molar refractivity (Wildman–Crippen MR) is 134 cm³/mol. The van der Waals surface area contributed by atoms with Gasteiger partial charge in [-0.3, -0.25) is 13.9 Å². The molecule has 2 amide bonds. The van der Waals surface area contributed by atoms with Crippen molar-refractivity contribution in [2.75, 3.05) is 16.2 Å². The summed E-state index contributed by atoms with van der Waals surface area (Å²) in [6, 6.07) is 18.3. The zero-order valence-corrected chi connectivity index (χ0v) is 19.7. The van der Waals surface area contributed by atoms with Crippen molar-refractivity contribution in [1.82, 2.24) is 5.32 Å². The molecule has 7 nitrogen and oxygen atoms in total. The summed E-state index contributed by atoms with van der Waals surface area (Å²) < 4.78 is 27.6. The number of anilines is 2. The van der Waals surface area contributed by atoms with Crippen LogP contribution >= 0.6 is 0 Å². The van der Waals surface area contributed by atoms with Crippen molar-refractivity contribution < 1.29 is 18.0 Å². The number of amides is 2. The van der Waals surface area contributed by atoms with E-state index in [1.165, 1.54) is 10.4 Å². The van der Waals surface area contributed by atoms with Gasteiger partial charge in [0.2, 0.25) is 0 Å². The molecule has 4 rings (SSSR count). The molecule has 0 aromatic heterocycles. The highest BCUT2D eigenvalue weighted by atomic mass is 32.2. The second-order valence-corrected chi connectivity index (χ2v) is 10.0. The highest BCUT2D eigenvalue weighted by Crippen LogP contribution is 2.43.